The van der Waals surface area contributed by atoms with Crippen molar-refractivity contribution in [2.45, 2.75) is 270 Å². The Kier molecular flexibility index (Phi) is 45.9. The van der Waals surface area contributed by atoms with Gasteiger partial charge >= 0.3 is 0 Å². The van der Waals surface area contributed by atoms with Gasteiger partial charge in [-0.1, -0.05) is 230 Å². The molecule has 0 saturated heterocycles. The van der Waals surface area contributed by atoms with E-state index in [1.54, 1.807) is 6.08 Å². The van der Waals surface area contributed by atoms with Crippen LogP contribution in [0.25, 0.3) is 0 Å². The SMILES string of the molecule is CCCCCCCCCCCCCC/C=C\CCCCCCCCCCC(=O)NC(COP(=O)([O-])OCC[N+](C)(C)C)C(O)/C=C/CC/C=C/CCCCCCCCCCCCCC. The van der Waals surface area contributed by atoms with E-state index in [1.165, 1.54) is 199 Å². The van der Waals surface area contributed by atoms with Gasteiger partial charge in [-0.05, 0) is 57.8 Å². The third-order valence-electron chi connectivity index (χ3n) is 12.3. The van der Waals surface area contributed by atoms with Crippen LogP contribution in [0.2, 0.25) is 0 Å². The van der Waals surface area contributed by atoms with E-state index in [-0.39, 0.29) is 12.5 Å². The lowest BCUT2D eigenvalue weighted by Gasteiger charge is -2.29. The monoisotopic (exact) mass is 923 g/mol. The number of phosphoric ester groups is 1. The fourth-order valence-electron chi connectivity index (χ4n) is 7.99. The van der Waals surface area contributed by atoms with Crippen molar-refractivity contribution in [3.8, 4) is 0 Å². The maximum Gasteiger partial charge on any atom is 0.268 e. The summed E-state index contributed by atoms with van der Waals surface area (Å²) in [4.78, 5) is 25.4. The Bertz CT molecular complexity index is 1140. The van der Waals surface area contributed by atoms with Crippen molar-refractivity contribution < 1.29 is 32.9 Å². The average Bonchev–Trinajstić information content (AvgIpc) is 3.25. The van der Waals surface area contributed by atoms with Crippen LogP contribution in [0.4, 0.5) is 0 Å². The molecule has 0 aliphatic heterocycles. The minimum Gasteiger partial charge on any atom is -0.756 e. The predicted molar refractivity (Wildman–Crippen MR) is 275 cm³/mol. The highest BCUT2D eigenvalue weighted by molar-refractivity contribution is 7.45. The van der Waals surface area contributed by atoms with Crippen LogP contribution in [-0.2, 0) is 18.4 Å². The van der Waals surface area contributed by atoms with Crippen LogP contribution in [0.5, 0.6) is 0 Å². The average molecular weight is 923 g/mol. The van der Waals surface area contributed by atoms with Crippen molar-refractivity contribution >= 4 is 13.7 Å². The molecule has 0 saturated carbocycles. The number of carbonyl (C=O) groups is 1. The first-order valence-electron chi connectivity index (χ1n) is 27.4. The van der Waals surface area contributed by atoms with Crippen molar-refractivity contribution in [1.82, 2.24) is 5.32 Å². The second-order valence-electron chi connectivity index (χ2n) is 19.9. The van der Waals surface area contributed by atoms with Gasteiger partial charge in [0.1, 0.15) is 13.2 Å². The van der Waals surface area contributed by atoms with Gasteiger partial charge in [-0.25, -0.2) is 0 Å². The smallest absolute Gasteiger partial charge is 0.268 e. The number of rotatable bonds is 50. The van der Waals surface area contributed by atoms with Gasteiger partial charge in [0.25, 0.3) is 7.82 Å². The summed E-state index contributed by atoms with van der Waals surface area (Å²) in [5, 5.41) is 13.8. The molecule has 3 atom stereocenters. The standard InChI is InChI=1S/C55H107N2O6P/c1-6-8-10-12-14-16-18-20-22-24-26-27-28-29-30-31-33-35-37-39-41-43-45-47-49-55(59)56-53(52-63-64(60,61)62-51-50-57(3,4)5)54(58)48-46-44-42-40-38-36-34-32-25-23-21-19-17-15-13-11-9-7-2/h29-30,38,40,46,48,53-54,58H,6-28,31-37,39,41-45,47,49-52H2,1-5H3,(H-,56,59,60,61)/b30-29-,40-38+,48-46+. The van der Waals surface area contributed by atoms with Gasteiger partial charge in [-0.15, -0.1) is 0 Å². The molecule has 64 heavy (non-hydrogen) atoms. The summed E-state index contributed by atoms with van der Waals surface area (Å²) in [5.41, 5.74) is 0. The zero-order valence-corrected chi connectivity index (χ0v) is 43.9. The zero-order valence-electron chi connectivity index (χ0n) is 43.0. The number of quaternary nitrogens is 1. The Hall–Kier alpha value is -1.28. The lowest BCUT2D eigenvalue weighted by molar-refractivity contribution is -0.870. The van der Waals surface area contributed by atoms with E-state index in [4.69, 9.17) is 9.05 Å². The lowest BCUT2D eigenvalue weighted by Crippen LogP contribution is -2.45. The largest absolute Gasteiger partial charge is 0.756 e. The number of nitrogens with one attached hydrogen (secondary N) is 1. The molecule has 3 unspecified atom stereocenters. The summed E-state index contributed by atoms with van der Waals surface area (Å²) in [6.07, 6.45) is 59.3. The van der Waals surface area contributed by atoms with E-state index in [9.17, 15) is 19.4 Å². The van der Waals surface area contributed by atoms with E-state index in [0.717, 1.165) is 38.5 Å². The van der Waals surface area contributed by atoms with Crippen LogP contribution < -0.4 is 10.2 Å². The molecular formula is C55H107N2O6P. The fourth-order valence-corrected chi connectivity index (χ4v) is 8.71. The summed E-state index contributed by atoms with van der Waals surface area (Å²) in [6, 6.07) is -0.904. The first-order valence-corrected chi connectivity index (χ1v) is 28.8. The van der Waals surface area contributed by atoms with E-state index in [1.807, 2.05) is 27.2 Å². The van der Waals surface area contributed by atoms with Crippen molar-refractivity contribution in [2.75, 3.05) is 40.9 Å². The Morgan fingerprint density at radius 2 is 0.875 bits per heavy atom. The highest BCUT2D eigenvalue weighted by Gasteiger charge is 2.23. The number of hydrogen-bond acceptors (Lipinski definition) is 6. The third kappa shape index (κ3) is 48.6. The maximum atomic E-state index is 12.9. The molecule has 0 aliphatic carbocycles. The molecule has 0 rings (SSSR count). The summed E-state index contributed by atoms with van der Waals surface area (Å²) >= 11 is 0. The molecule has 0 aromatic carbocycles. The molecule has 2 N–H and O–H groups in total. The molecule has 1 amide bonds. The zero-order chi connectivity index (χ0) is 47.1. The Morgan fingerprint density at radius 3 is 1.27 bits per heavy atom. The number of hydrogen-bond donors (Lipinski definition) is 2. The molecule has 8 nitrogen and oxygen atoms in total. The highest BCUT2D eigenvalue weighted by atomic mass is 31.2. The summed E-state index contributed by atoms with van der Waals surface area (Å²) in [6.45, 7) is 4.65. The van der Waals surface area contributed by atoms with Crippen LogP contribution in [0.1, 0.15) is 258 Å². The van der Waals surface area contributed by atoms with Crippen LogP contribution >= 0.6 is 7.82 Å². The van der Waals surface area contributed by atoms with Crippen LogP contribution in [0.3, 0.4) is 0 Å². The number of likely N-dealkylation sites (N-methyl/N-ethyl adjacent to an activating group) is 1. The minimum atomic E-state index is -4.60. The lowest BCUT2D eigenvalue weighted by atomic mass is 10.0. The Labute approximate surface area is 397 Å². The first-order chi connectivity index (χ1) is 31.0. The van der Waals surface area contributed by atoms with Crippen molar-refractivity contribution in [3.05, 3.63) is 36.5 Å². The number of aliphatic hydroxyl groups is 1. The Balaban J connectivity index is 4.27. The number of amides is 1. The predicted octanol–water partition coefficient (Wildman–Crippen LogP) is 15.6. The highest BCUT2D eigenvalue weighted by Crippen LogP contribution is 2.38. The number of phosphoric acid groups is 1. The first kappa shape index (κ1) is 62.7. The number of unbranched alkanes of at least 4 members (excludes halogenated alkanes) is 33. The molecule has 0 aliphatic rings. The quantitative estimate of drug-likeness (QED) is 0.0272. The van der Waals surface area contributed by atoms with E-state index in [0.29, 0.717) is 17.4 Å². The number of aliphatic hydroxyl groups excluding tert-OH is 1. The van der Waals surface area contributed by atoms with E-state index < -0.39 is 26.6 Å². The Morgan fingerprint density at radius 1 is 0.531 bits per heavy atom. The van der Waals surface area contributed by atoms with Crippen LogP contribution in [0, 0.1) is 0 Å². The van der Waals surface area contributed by atoms with Gasteiger partial charge < -0.3 is 28.8 Å². The van der Waals surface area contributed by atoms with Gasteiger partial charge in [0, 0.05) is 6.42 Å². The van der Waals surface area contributed by atoms with Gasteiger partial charge in [0.15, 0.2) is 0 Å². The van der Waals surface area contributed by atoms with Gasteiger partial charge in [0.05, 0.1) is 39.9 Å². The summed E-state index contributed by atoms with van der Waals surface area (Å²) in [7, 11) is 1.25. The molecule has 0 fully saturated rings. The minimum absolute atomic E-state index is 0.00645. The van der Waals surface area contributed by atoms with Crippen LogP contribution in [0.15, 0.2) is 36.5 Å². The van der Waals surface area contributed by atoms with Gasteiger partial charge in [-0.2, -0.15) is 0 Å². The molecule has 0 heterocycles. The van der Waals surface area contributed by atoms with Crippen molar-refractivity contribution in [2.24, 2.45) is 0 Å². The number of carbonyl (C=O) groups excluding carboxylic acids is 1. The fraction of sp³-hybridized carbons (Fsp3) is 0.873. The second kappa shape index (κ2) is 46.8. The normalized spacial score (nSPS) is 14.3. The van der Waals surface area contributed by atoms with Gasteiger partial charge in [0.2, 0.25) is 5.91 Å². The molecule has 9 heteroatoms. The molecule has 0 bridgehead atoms. The van der Waals surface area contributed by atoms with E-state index in [2.05, 4.69) is 43.5 Å². The van der Waals surface area contributed by atoms with Crippen molar-refractivity contribution in [3.63, 3.8) is 0 Å². The third-order valence-corrected chi connectivity index (χ3v) is 13.3. The van der Waals surface area contributed by atoms with Crippen LogP contribution in [-0.4, -0.2) is 68.5 Å². The molecule has 0 radical (unpaired) electrons. The second-order valence-corrected chi connectivity index (χ2v) is 21.3. The molecule has 378 valence electrons. The molecule has 0 aromatic rings. The molecule has 0 aromatic heterocycles. The maximum absolute atomic E-state index is 12.9. The van der Waals surface area contributed by atoms with E-state index >= 15 is 0 Å². The molecule has 0 spiro atoms. The summed E-state index contributed by atoms with van der Waals surface area (Å²) in [5.74, 6) is -0.208. The van der Waals surface area contributed by atoms with Gasteiger partial charge in [-0.3, -0.25) is 9.36 Å². The number of allylic oxidation sites excluding steroid dienone is 5. The van der Waals surface area contributed by atoms with Crippen molar-refractivity contribution in [1.29, 1.82) is 0 Å². The topological polar surface area (TPSA) is 108 Å². The summed E-state index contributed by atoms with van der Waals surface area (Å²) < 4.78 is 23.3. The molecular weight excluding hydrogens is 816 g/mol. The number of nitrogens with zero attached hydrogens (tertiary/aromatic N) is 1.